The van der Waals surface area contributed by atoms with Crippen LogP contribution in [0.2, 0.25) is 0 Å². The predicted molar refractivity (Wildman–Crippen MR) is 85.7 cm³/mol. The van der Waals surface area contributed by atoms with Gasteiger partial charge >= 0.3 is 0 Å². The average Bonchev–Trinajstić information content (AvgIpc) is 3.19. The third-order valence-electron chi connectivity index (χ3n) is 4.57. The molecule has 5 heteroatoms. The smallest absolute Gasteiger partial charge is 0.246 e. The van der Waals surface area contributed by atoms with Crippen molar-refractivity contribution in [1.82, 2.24) is 10.6 Å². The number of carbonyl (C=O) groups excluding carboxylic acids is 2. The first-order valence-electron chi connectivity index (χ1n) is 8.10. The molecule has 0 saturated carbocycles. The van der Waals surface area contributed by atoms with Gasteiger partial charge in [0.05, 0.1) is 6.54 Å². The van der Waals surface area contributed by atoms with E-state index in [4.69, 9.17) is 0 Å². The van der Waals surface area contributed by atoms with E-state index < -0.39 is 0 Å². The molecule has 1 unspecified atom stereocenters. The minimum Gasteiger partial charge on any atom is -0.347 e. The van der Waals surface area contributed by atoms with E-state index in [1.165, 1.54) is 5.56 Å². The molecule has 118 valence electrons. The molecular weight excluding hydrogens is 278 g/mol. The van der Waals surface area contributed by atoms with Crippen LogP contribution in [0.5, 0.6) is 0 Å². The number of benzene rings is 1. The van der Waals surface area contributed by atoms with Gasteiger partial charge in [0.1, 0.15) is 0 Å². The molecule has 0 bridgehead atoms. The van der Waals surface area contributed by atoms with Crippen molar-refractivity contribution < 1.29 is 9.59 Å². The molecule has 22 heavy (non-hydrogen) atoms. The fraction of sp³-hybridized carbons (Fsp3) is 0.529. The van der Waals surface area contributed by atoms with Crippen molar-refractivity contribution in [2.45, 2.75) is 25.7 Å². The Labute approximate surface area is 131 Å². The quantitative estimate of drug-likeness (QED) is 0.855. The van der Waals surface area contributed by atoms with Crippen molar-refractivity contribution >= 4 is 17.5 Å². The molecule has 2 N–H and O–H groups in total. The molecule has 5 nitrogen and oxygen atoms in total. The van der Waals surface area contributed by atoms with Crippen molar-refractivity contribution in [2.75, 3.05) is 31.1 Å². The second kappa shape index (κ2) is 6.92. The van der Waals surface area contributed by atoms with Crippen LogP contribution in [-0.2, 0) is 16.0 Å². The number of nitrogens with one attached hydrogen (secondary N) is 2. The predicted octanol–water partition coefficient (Wildman–Crippen LogP) is 1.08. The van der Waals surface area contributed by atoms with Gasteiger partial charge in [0.25, 0.3) is 0 Å². The molecule has 1 aromatic carbocycles. The number of nitrogens with zero attached hydrogens (tertiary/aromatic N) is 1. The topological polar surface area (TPSA) is 61.4 Å². The Morgan fingerprint density at radius 1 is 1.32 bits per heavy atom. The number of rotatable bonds is 5. The van der Waals surface area contributed by atoms with E-state index >= 15 is 0 Å². The highest BCUT2D eigenvalue weighted by molar-refractivity contribution is 5.98. The standard InChI is InChI=1S/C17H23N3O2/c21-16(6-5-13-7-9-18-11-13)19-12-17(22)20-10-8-14-3-1-2-4-15(14)20/h1-4,13,18H,5-12H2,(H,19,21). The van der Waals surface area contributed by atoms with E-state index in [2.05, 4.69) is 16.7 Å². The summed E-state index contributed by atoms with van der Waals surface area (Å²) in [6.07, 6.45) is 3.46. The molecule has 1 fully saturated rings. The fourth-order valence-corrected chi connectivity index (χ4v) is 3.25. The number of fused-ring (bicyclic) bond motifs is 1. The fourth-order valence-electron chi connectivity index (χ4n) is 3.25. The Morgan fingerprint density at radius 2 is 2.18 bits per heavy atom. The summed E-state index contributed by atoms with van der Waals surface area (Å²) in [5.74, 6) is 0.556. The molecule has 1 aromatic rings. The van der Waals surface area contributed by atoms with Gasteiger partial charge in [0.15, 0.2) is 0 Å². The van der Waals surface area contributed by atoms with Gasteiger partial charge < -0.3 is 15.5 Å². The monoisotopic (exact) mass is 301 g/mol. The third kappa shape index (κ3) is 3.47. The summed E-state index contributed by atoms with van der Waals surface area (Å²) < 4.78 is 0. The average molecular weight is 301 g/mol. The van der Waals surface area contributed by atoms with E-state index in [0.29, 0.717) is 18.9 Å². The maximum atomic E-state index is 12.3. The largest absolute Gasteiger partial charge is 0.347 e. The van der Waals surface area contributed by atoms with Crippen LogP contribution in [0.4, 0.5) is 5.69 Å². The molecule has 2 aliphatic rings. The maximum Gasteiger partial charge on any atom is 0.246 e. The maximum absolute atomic E-state index is 12.3. The third-order valence-corrected chi connectivity index (χ3v) is 4.57. The van der Waals surface area contributed by atoms with Crippen molar-refractivity contribution in [3.8, 4) is 0 Å². The van der Waals surface area contributed by atoms with Crippen molar-refractivity contribution in [3.05, 3.63) is 29.8 Å². The molecule has 2 amide bonds. The minimum atomic E-state index is -0.0270. The van der Waals surface area contributed by atoms with E-state index in [0.717, 1.165) is 38.0 Å². The SMILES string of the molecule is O=C(CCC1CCNC1)NCC(=O)N1CCc2ccccc21. The summed E-state index contributed by atoms with van der Waals surface area (Å²) in [5.41, 5.74) is 2.19. The van der Waals surface area contributed by atoms with Gasteiger partial charge in [-0.2, -0.15) is 0 Å². The van der Waals surface area contributed by atoms with Gasteiger partial charge in [-0.1, -0.05) is 18.2 Å². The van der Waals surface area contributed by atoms with E-state index in [1.807, 2.05) is 18.2 Å². The zero-order valence-electron chi connectivity index (χ0n) is 12.8. The number of hydrogen-bond donors (Lipinski definition) is 2. The molecule has 2 aliphatic heterocycles. The Morgan fingerprint density at radius 3 is 3.00 bits per heavy atom. The number of amides is 2. The summed E-state index contributed by atoms with van der Waals surface area (Å²) in [4.78, 5) is 25.9. The molecular formula is C17H23N3O2. The Balaban J connectivity index is 1.43. The number of hydrogen-bond acceptors (Lipinski definition) is 3. The molecule has 0 spiro atoms. The lowest BCUT2D eigenvalue weighted by Crippen LogP contribution is -2.39. The van der Waals surface area contributed by atoms with E-state index in [1.54, 1.807) is 4.90 Å². The number of carbonyl (C=O) groups is 2. The first-order chi connectivity index (χ1) is 10.7. The minimum absolute atomic E-state index is 0.0206. The molecule has 1 saturated heterocycles. The van der Waals surface area contributed by atoms with Crippen LogP contribution >= 0.6 is 0 Å². The summed E-state index contributed by atoms with van der Waals surface area (Å²) >= 11 is 0. The molecule has 1 atom stereocenters. The second-order valence-electron chi connectivity index (χ2n) is 6.10. The summed E-state index contributed by atoms with van der Waals surface area (Å²) in [6, 6.07) is 7.96. The van der Waals surface area contributed by atoms with Crippen LogP contribution in [0.1, 0.15) is 24.8 Å². The Bertz CT molecular complexity index is 553. The first-order valence-corrected chi connectivity index (χ1v) is 8.10. The highest BCUT2D eigenvalue weighted by atomic mass is 16.2. The zero-order valence-corrected chi connectivity index (χ0v) is 12.8. The van der Waals surface area contributed by atoms with Gasteiger partial charge in [-0.05, 0) is 49.9 Å². The molecule has 0 radical (unpaired) electrons. The lowest BCUT2D eigenvalue weighted by atomic mass is 10.0. The molecule has 0 aromatic heterocycles. The Hall–Kier alpha value is -1.88. The van der Waals surface area contributed by atoms with Gasteiger partial charge in [0.2, 0.25) is 11.8 Å². The highest BCUT2D eigenvalue weighted by Gasteiger charge is 2.24. The Kier molecular flexibility index (Phi) is 4.73. The molecule has 3 rings (SSSR count). The first kappa shape index (κ1) is 15.0. The van der Waals surface area contributed by atoms with Crippen LogP contribution in [0.3, 0.4) is 0 Å². The summed E-state index contributed by atoms with van der Waals surface area (Å²) in [6.45, 7) is 2.87. The van der Waals surface area contributed by atoms with E-state index in [9.17, 15) is 9.59 Å². The van der Waals surface area contributed by atoms with E-state index in [-0.39, 0.29) is 18.4 Å². The van der Waals surface area contributed by atoms with Crippen LogP contribution in [0.15, 0.2) is 24.3 Å². The van der Waals surface area contributed by atoms with Gasteiger partial charge in [-0.15, -0.1) is 0 Å². The van der Waals surface area contributed by atoms with Gasteiger partial charge in [0, 0.05) is 18.7 Å². The summed E-state index contributed by atoms with van der Waals surface area (Å²) in [7, 11) is 0. The van der Waals surface area contributed by atoms with Crippen LogP contribution in [0.25, 0.3) is 0 Å². The lowest BCUT2D eigenvalue weighted by Gasteiger charge is -2.17. The molecule has 0 aliphatic carbocycles. The van der Waals surface area contributed by atoms with Crippen molar-refractivity contribution in [3.63, 3.8) is 0 Å². The highest BCUT2D eigenvalue weighted by Crippen LogP contribution is 2.27. The number of para-hydroxylation sites is 1. The normalized spacial score (nSPS) is 20.0. The van der Waals surface area contributed by atoms with Crippen molar-refractivity contribution in [1.29, 1.82) is 0 Å². The summed E-state index contributed by atoms with van der Waals surface area (Å²) in [5, 5.41) is 6.06. The van der Waals surface area contributed by atoms with Crippen molar-refractivity contribution in [2.24, 2.45) is 5.92 Å². The van der Waals surface area contributed by atoms with Gasteiger partial charge in [-0.25, -0.2) is 0 Å². The zero-order chi connectivity index (χ0) is 15.4. The van der Waals surface area contributed by atoms with Gasteiger partial charge in [-0.3, -0.25) is 9.59 Å². The number of anilines is 1. The van der Waals surface area contributed by atoms with Crippen LogP contribution < -0.4 is 15.5 Å². The molecule has 2 heterocycles. The van der Waals surface area contributed by atoms with Crippen LogP contribution in [-0.4, -0.2) is 38.0 Å². The second-order valence-corrected chi connectivity index (χ2v) is 6.10. The lowest BCUT2D eigenvalue weighted by molar-refractivity contribution is -0.125. The van der Waals surface area contributed by atoms with Crippen LogP contribution in [0, 0.1) is 5.92 Å².